The number of methoxy groups -OCH3 is 1. The normalized spacial score (nSPS) is 10.8. The first-order valence-electron chi connectivity index (χ1n) is 10.7. The van der Waals surface area contributed by atoms with Crippen molar-refractivity contribution in [1.82, 2.24) is 0 Å². The Balaban J connectivity index is 1.68. The van der Waals surface area contributed by atoms with Crippen LogP contribution in [0.15, 0.2) is 71.6 Å². The molecule has 0 radical (unpaired) electrons. The van der Waals surface area contributed by atoms with Gasteiger partial charge in [0.2, 0.25) is 0 Å². The number of esters is 1. The summed E-state index contributed by atoms with van der Waals surface area (Å²) in [6.07, 6.45) is 0. The molecular weight excluding hydrogens is 472 g/mol. The van der Waals surface area contributed by atoms with Crippen LogP contribution in [0.25, 0.3) is 0 Å². The number of hydrogen-bond donors (Lipinski definition) is 2. The summed E-state index contributed by atoms with van der Waals surface area (Å²) in [7, 11) is -2.51. The zero-order valence-electron chi connectivity index (χ0n) is 19.5. The van der Waals surface area contributed by atoms with E-state index in [1.807, 2.05) is 19.9 Å². The molecule has 184 valence electrons. The maximum atomic E-state index is 12.8. The zero-order chi connectivity index (χ0) is 25.4. The second-order valence-corrected chi connectivity index (χ2v) is 9.07. The highest BCUT2D eigenvalue weighted by Crippen LogP contribution is 2.25. The van der Waals surface area contributed by atoms with Crippen LogP contribution in [-0.4, -0.2) is 40.6 Å². The number of benzene rings is 3. The average molecular weight is 499 g/mol. The van der Waals surface area contributed by atoms with Crippen LogP contribution < -0.4 is 19.5 Å². The highest BCUT2D eigenvalue weighted by Gasteiger charge is 2.20. The second-order valence-electron chi connectivity index (χ2n) is 7.38. The summed E-state index contributed by atoms with van der Waals surface area (Å²) in [4.78, 5) is 25.0. The highest BCUT2D eigenvalue weighted by atomic mass is 32.2. The molecule has 0 spiro atoms. The summed E-state index contributed by atoms with van der Waals surface area (Å²) in [6, 6.07) is 17.1. The van der Waals surface area contributed by atoms with Crippen molar-refractivity contribution in [3.63, 3.8) is 0 Å². The lowest BCUT2D eigenvalue weighted by molar-refractivity contribution is -0.119. The van der Waals surface area contributed by atoms with Crippen molar-refractivity contribution in [2.45, 2.75) is 18.7 Å². The van der Waals surface area contributed by atoms with E-state index in [0.29, 0.717) is 23.8 Å². The number of aryl methyl sites for hydroxylation is 1. The van der Waals surface area contributed by atoms with Crippen LogP contribution in [0.3, 0.4) is 0 Å². The summed E-state index contributed by atoms with van der Waals surface area (Å²) >= 11 is 0. The fourth-order valence-electron chi connectivity index (χ4n) is 3.15. The van der Waals surface area contributed by atoms with Crippen molar-refractivity contribution in [2.75, 3.05) is 30.4 Å². The van der Waals surface area contributed by atoms with Crippen LogP contribution in [0, 0.1) is 6.92 Å². The van der Waals surface area contributed by atoms with Crippen LogP contribution in [0.4, 0.5) is 11.4 Å². The maximum Gasteiger partial charge on any atom is 0.340 e. The molecule has 3 aromatic rings. The third kappa shape index (κ3) is 6.73. The minimum absolute atomic E-state index is 0.00407. The number of rotatable bonds is 10. The topological polar surface area (TPSA) is 120 Å². The van der Waals surface area contributed by atoms with Crippen molar-refractivity contribution >= 4 is 33.3 Å². The van der Waals surface area contributed by atoms with Gasteiger partial charge in [0, 0.05) is 0 Å². The van der Waals surface area contributed by atoms with Crippen molar-refractivity contribution < 1.29 is 32.2 Å². The van der Waals surface area contributed by atoms with E-state index in [2.05, 4.69) is 10.0 Å². The molecule has 0 aliphatic heterocycles. The van der Waals surface area contributed by atoms with E-state index in [9.17, 15) is 18.0 Å². The molecule has 0 aliphatic rings. The molecule has 0 bridgehead atoms. The number of anilines is 2. The van der Waals surface area contributed by atoms with Gasteiger partial charge in [-0.05, 0) is 67.9 Å². The van der Waals surface area contributed by atoms with Gasteiger partial charge in [-0.25, -0.2) is 13.2 Å². The Bertz CT molecular complexity index is 1310. The zero-order valence-corrected chi connectivity index (χ0v) is 20.3. The summed E-state index contributed by atoms with van der Waals surface area (Å²) in [5, 5.41) is 2.63. The number of carbonyl (C=O) groups excluding carboxylic acids is 2. The Kier molecular flexibility index (Phi) is 8.32. The standard InChI is InChI=1S/C25H26N2O7S/c1-4-33-18-10-12-19(13-11-18)35(30,31)27-21-8-6-5-7-20(21)25(29)34-16-24(28)26-22-15-17(2)9-14-23(22)32-3/h5-15,27H,4,16H2,1-3H3,(H,26,28). The van der Waals surface area contributed by atoms with Crippen molar-refractivity contribution in [1.29, 1.82) is 0 Å². The molecule has 0 unspecified atom stereocenters. The molecule has 1 amide bonds. The molecule has 0 heterocycles. The van der Waals surface area contributed by atoms with E-state index >= 15 is 0 Å². The first-order chi connectivity index (χ1) is 16.7. The molecule has 0 saturated heterocycles. The van der Waals surface area contributed by atoms with Gasteiger partial charge in [-0.15, -0.1) is 0 Å². The Morgan fingerprint density at radius 2 is 1.66 bits per heavy atom. The van der Waals surface area contributed by atoms with E-state index in [-0.39, 0.29) is 16.1 Å². The number of sulfonamides is 1. The summed E-state index contributed by atoms with van der Waals surface area (Å²) in [6.45, 7) is 3.57. The molecule has 2 N–H and O–H groups in total. The first-order valence-corrected chi connectivity index (χ1v) is 12.2. The maximum absolute atomic E-state index is 12.8. The van der Waals surface area contributed by atoms with Crippen LogP contribution in [0.5, 0.6) is 11.5 Å². The SMILES string of the molecule is CCOc1ccc(S(=O)(=O)Nc2ccccc2C(=O)OCC(=O)Nc2cc(C)ccc2OC)cc1. The number of para-hydroxylation sites is 1. The molecule has 0 aliphatic carbocycles. The number of carbonyl (C=O) groups is 2. The molecule has 10 heteroatoms. The quantitative estimate of drug-likeness (QED) is 0.406. The predicted octanol–water partition coefficient (Wildman–Crippen LogP) is 4.00. The smallest absolute Gasteiger partial charge is 0.340 e. The monoisotopic (exact) mass is 498 g/mol. The lowest BCUT2D eigenvalue weighted by atomic mass is 10.2. The number of nitrogens with one attached hydrogen (secondary N) is 2. The Hall–Kier alpha value is -4.05. The predicted molar refractivity (Wildman–Crippen MR) is 132 cm³/mol. The lowest BCUT2D eigenvalue weighted by Crippen LogP contribution is -2.22. The largest absolute Gasteiger partial charge is 0.495 e. The van der Waals surface area contributed by atoms with Crippen LogP contribution in [-0.2, 0) is 19.6 Å². The van der Waals surface area contributed by atoms with Crippen LogP contribution >= 0.6 is 0 Å². The fourth-order valence-corrected chi connectivity index (χ4v) is 4.23. The molecular formula is C25H26N2O7S. The van der Waals surface area contributed by atoms with E-state index in [1.165, 1.54) is 31.4 Å². The molecule has 3 aromatic carbocycles. The van der Waals surface area contributed by atoms with Crippen LogP contribution in [0.1, 0.15) is 22.8 Å². The molecule has 35 heavy (non-hydrogen) atoms. The number of amides is 1. The molecule has 0 aromatic heterocycles. The summed E-state index contributed by atoms with van der Waals surface area (Å²) < 4.78 is 43.7. The van der Waals surface area contributed by atoms with Gasteiger partial charge in [-0.2, -0.15) is 0 Å². The van der Waals surface area contributed by atoms with E-state index in [1.54, 1.807) is 36.4 Å². The summed E-state index contributed by atoms with van der Waals surface area (Å²) in [5.41, 5.74) is 1.33. The Labute approximate surface area is 204 Å². The lowest BCUT2D eigenvalue weighted by Gasteiger charge is -2.13. The second kappa shape index (κ2) is 11.4. The third-order valence-corrected chi connectivity index (χ3v) is 6.18. The third-order valence-electron chi connectivity index (χ3n) is 4.80. The van der Waals surface area contributed by atoms with Crippen LogP contribution in [0.2, 0.25) is 0 Å². The van der Waals surface area contributed by atoms with Gasteiger partial charge in [0.1, 0.15) is 11.5 Å². The first kappa shape index (κ1) is 25.6. The number of ether oxygens (including phenoxy) is 3. The van der Waals surface area contributed by atoms with Crippen molar-refractivity contribution in [2.24, 2.45) is 0 Å². The average Bonchev–Trinajstić information content (AvgIpc) is 2.83. The van der Waals surface area contributed by atoms with E-state index in [4.69, 9.17) is 14.2 Å². The Morgan fingerprint density at radius 3 is 2.34 bits per heavy atom. The van der Waals surface area contributed by atoms with Crippen molar-refractivity contribution in [3.8, 4) is 11.5 Å². The highest BCUT2D eigenvalue weighted by molar-refractivity contribution is 7.92. The minimum Gasteiger partial charge on any atom is -0.495 e. The van der Waals surface area contributed by atoms with Gasteiger partial charge in [0.25, 0.3) is 15.9 Å². The summed E-state index contributed by atoms with van der Waals surface area (Å²) in [5.74, 6) is -0.433. The van der Waals surface area contributed by atoms with Gasteiger partial charge in [-0.3, -0.25) is 9.52 Å². The van der Waals surface area contributed by atoms with E-state index in [0.717, 1.165) is 5.56 Å². The molecule has 3 rings (SSSR count). The molecule has 0 saturated carbocycles. The van der Waals surface area contributed by atoms with Gasteiger partial charge in [-0.1, -0.05) is 18.2 Å². The van der Waals surface area contributed by atoms with Gasteiger partial charge >= 0.3 is 5.97 Å². The fraction of sp³-hybridized carbons (Fsp3) is 0.200. The molecule has 9 nitrogen and oxygen atoms in total. The number of hydrogen-bond acceptors (Lipinski definition) is 7. The van der Waals surface area contributed by atoms with Gasteiger partial charge in [0.05, 0.1) is 35.6 Å². The van der Waals surface area contributed by atoms with Gasteiger partial charge < -0.3 is 19.5 Å². The van der Waals surface area contributed by atoms with Crippen molar-refractivity contribution in [3.05, 3.63) is 77.9 Å². The minimum atomic E-state index is -3.99. The van der Waals surface area contributed by atoms with E-state index < -0.39 is 28.5 Å². The molecule has 0 fully saturated rings. The van der Waals surface area contributed by atoms with Gasteiger partial charge in [0.15, 0.2) is 6.61 Å². The Morgan fingerprint density at radius 1 is 0.943 bits per heavy atom. The molecule has 0 atom stereocenters.